The van der Waals surface area contributed by atoms with Crippen molar-refractivity contribution in [3.63, 3.8) is 0 Å². The first-order valence-corrected chi connectivity index (χ1v) is 10.5. The summed E-state index contributed by atoms with van der Waals surface area (Å²) in [6.07, 6.45) is 7.13. The van der Waals surface area contributed by atoms with Crippen molar-refractivity contribution < 1.29 is 14.3 Å². The molecule has 4 atom stereocenters. The highest BCUT2D eigenvalue weighted by atomic mass is 16.5. The van der Waals surface area contributed by atoms with Gasteiger partial charge in [0, 0.05) is 24.0 Å². The lowest BCUT2D eigenvalue weighted by Gasteiger charge is -2.28. The summed E-state index contributed by atoms with van der Waals surface area (Å²) in [6, 6.07) is 9.47. The first kappa shape index (κ1) is 19.4. The molecule has 4 unspecified atom stereocenters. The van der Waals surface area contributed by atoms with E-state index in [1.807, 2.05) is 43.5 Å². The van der Waals surface area contributed by atoms with Crippen molar-refractivity contribution in [2.45, 2.75) is 19.4 Å². The summed E-state index contributed by atoms with van der Waals surface area (Å²) in [6.45, 7) is 2.22. The zero-order valence-electron chi connectivity index (χ0n) is 17.5. The number of allylic oxidation sites excluding steroid dienone is 1. The summed E-state index contributed by atoms with van der Waals surface area (Å²) in [4.78, 5) is 25.1. The molecule has 0 saturated heterocycles. The zero-order chi connectivity index (χ0) is 21.4. The van der Waals surface area contributed by atoms with Crippen molar-refractivity contribution in [3.05, 3.63) is 48.7 Å². The van der Waals surface area contributed by atoms with Crippen LogP contribution in [0.1, 0.15) is 13.3 Å². The fourth-order valence-electron chi connectivity index (χ4n) is 4.67. The maximum Gasteiger partial charge on any atom is 0.311 e. The Morgan fingerprint density at radius 2 is 2.10 bits per heavy atom. The van der Waals surface area contributed by atoms with Crippen molar-refractivity contribution in [2.24, 2.45) is 17.8 Å². The molecule has 2 aromatic heterocycles. The molecule has 8 nitrogen and oxygen atoms in total. The van der Waals surface area contributed by atoms with E-state index in [2.05, 4.69) is 32.8 Å². The fourth-order valence-corrected chi connectivity index (χ4v) is 4.67. The molecule has 3 aromatic rings. The van der Waals surface area contributed by atoms with Crippen LogP contribution in [0.2, 0.25) is 0 Å². The highest BCUT2D eigenvalue weighted by Gasteiger charge is 2.49. The van der Waals surface area contributed by atoms with Crippen LogP contribution in [0.3, 0.4) is 0 Å². The number of fused-ring (bicyclic) bond motifs is 3. The zero-order valence-corrected chi connectivity index (χ0v) is 17.5. The number of aromatic nitrogens is 3. The molecule has 1 aromatic carbocycles. The molecule has 0 amide bonds. The summed E-state index contributed by atoms with van der Waals surface area (Å²) >= 11 is 0. The van der Waals surface area contributed by atoms with Gasteiger partial charge in [-0.05, 0) is 43.4 Å². The molecule has 0 spiro atoms. The number of anilines is 3. The molecule has 8 heteroatoms. The standard InChI is InChI=1S/C23H25N5O3/c1-3-31-22(29)18-13-7-8-14(11-13)19(18)26-21-17-9-10-24-20(17)27-23(28-21)25-15-5-4-6-16(12-15)30-2/h4-10,12-14,18-19H,3,11H2,1-2H3,(H3,24,25,26,27,28). The molecule has 2 heterocycles. The van der Waals surface area contributed by atoms with Crippen LogP contribution in [-0.2, 0) is 9.53 Å². The van der Waals surface area contributed by atoms with Crippen LogP contribution in [0.5, 0.6) is 5.75 Å². The average molecular weight is 419 g/mol. The largest absolute Gasteiger partial charge is 0.497 e. The van der Waals surface area contributed by atoms with E-state index in [9.17, 15) is 4.79 Å². The number of hydrogen-bond acceptors (Lipinski definition) is 7. The van der Waals surface area contributed by atoms with Gasteiger partial charge in [0.2, 0.25) is 5.95 Å². The van der Waals surface area contributed by atoms with Gasteiger partial charge in [0.25, 0.3) is 0 Å². The molecule has 2 aliphatic rings. The fraction of sp³-hybridized carbons (Fsp3) is 0.348. The second kappa shape index (κ2) is 7.94. The number of rotatable bonds is 7. The number of ether oxygens (including phenoxy) is 2. The molecule has 1 saturated carbocycles. The van der Waals surface area contributed by atoms with Crippen molar-refractivity contribution in [2.75, 3.05) is 24.4 Å². The number of carbonyl (C=O) groups excluding carboxylic acids is 1. The Labute approximate surface area is 180 Å². The predicted octanol–water partition coefficient (Wildman–Crippen LogP) is 3.88. The van der Waals surface area contributed by atoms with Crippen molar-refractivity contribution >= 4 is 34.5 Å². The summed E-state index contributed by atoms with van der Waals surface area (Å²) in [5.74, 6) is 2.02. The van der Waals surface area contributed by atoms with Gasteiger partial charge in [-0.3, -0.25) is 4.79 Å². The lowest BCUT2D eigenvalue weighted by Crippen LogP contribution is -2.39. The Balaban J connectivity index is 1.46. The SMILES string of the molecule is CCOC(=O)C1C2C=CC(C2)C1Nc1nc(Nc2cccc(OC)c2)nc2[nH]ccc12. The lowest BCUT2D eigenvalue weighted by atomic mass is 9.89. The molecular formula is C23H25N5O3. The number of H-pyrrole nitrogens is 1. The van der Waals surface area contributed by atoms with Crippen molar-refractivity contribution in [1.82, 2.24) is 15.0 Å². The summed E-state index contributed by atoms with van der Waals surface area (Å²) in [5.41, 5.74) is 1.54. The van der Waals surface area contributed by atoms with Crippen LogP contribution in [0.25, 0.3) is 11.0 Å². The Hall–Kier alpha value is -3.55. The molecular weight excluding hydrogens is 394 g/mol. The first-order chi connectivity index (χ1) is 15.2. The summed E-state index contributed by atoms with van der Waals surface area (Å²) in [5, 5.41) is 7.68. The van der Waals surface area contributed by atoms with E-state index in [0.29, 0.717) is 24.0 Å². The van der Waals surface area contributed by atoms with Gasteiger partial charge in [-0.1, -0.05) is 18.2 Å². The van der Waals surface area contributed by atoms with Gasteiger partial charge in [0.05, 0.1) is 25.0 Å². The quantitative estimate of drug-likeness (QED) is 0.395. The number of hydrogen-bond donors (Lipinski definition) is 3. The smallest absolute Gasteiger partial charge is 0.311 e. The minimum Gasteiger partial charge on any atom is -0.497 e. The molecule has 0 radical (unpaired) electrons. The maximum absolute atomic E-state index is 12.7. The third kappa shape index (κ3) is 3.58. The van der Waals surface area contributed by atoms with Crippen LogP contribution in [0.4, 0.5) is 17.5 Å². The Morgan fingerprint density at radius 3 is 2.94 bits per heavy atom. The number of carbonyl (C=O) groups is 1. The van der Waals surface area contributed by atoms with Gasteiger partial charge < -0.3 is 25.1 Å². The van der Waals surface area contributed by atoms with E-state index in [4.69, 9.17) is 14.5 Å². The second-order valence-corrected chi connectivity index (χ2v) is 7.89. The predicted molar refractivity (Wildman–Crippen MR) is 118 cm³/mol. The number of aromatic amines is 1. The van der Waals surface area contributed by atoms with E-state index in [1.54, 1.807) is 7.11 Å². The molecule has 0 aliphatic heterocycles. The molecule has 1 fully saturated rings. The van der Waals surface area contributed by atoms with Gasteiger partial charge in [-0.2, -0.15) is 9.97 Å². The van der Waals surface area contributed by atoms with Crippen LogP contribution in [-0.4, -0.2) is 40.7 Å². The minimum absolute atomic E-state index is 0.0632. The molecule has 3 N–H and O–H groups in total. The van der Waals surface area contributed by atoms with Crippen molar-refractivity contribution in [1.29, 1.82) is 0 Å². The molecule has 160 valence electrons. The van der Waals surface area contributed by atoms with Gasteiger partial charge in [-0.25, -0.2) is 0 Å². The van der Waals surface area contributed by atoms with E-state index in [1.165, 1.54) is 0 Å². The van der Waals surface area contributed by atoms with Crippen LogP contribution in [0.15, 0.2) is 48.7 Å². The third-order valence-electron chi connectivity index (χ3n) is 6.06. The monoisotopic (exact) mass is 419 g/mol. The van der Waals surface area contributed by atoms with Crippen molar-refractivity contribution in [3.8, 4) is 5.75 Å². The van der Waals surface area contributed by atoms with E-state index in [-0.39, 0.29) is 29.8 Å². The third-order valence-corrected chi connectivity index (χ3v) is 6.06. The summed E-state index contributed by atoms with van der Waals surface area (Å²) in [7, 11) is 1.63. The number of nitrogens with zero attached hydrogens (tertiary/aromatic N) is 2. The second-order valence-electron chi connectivity index (χ2n) is 7.89. The Morgan fingerprint density at radius 1 is 1.23 bits per heavy atom. The minimum atomic E-state index is -0.214. The average Bonchev–Trinajstić information content (AvgIpc) is 3.50. The van der Waals surface area contributed by atoms with Crippen LogP contribution < -0.4 is 15.4 Å². The molecule has 2 aliphatic carbocycles. The first-order valence-electron chi connectivity index (χ1n) is 10.5. The number of esters is 1. The highest BCUT2D eigenvalue weighted by molar-refractivity contribution is 5.89. The molecule has 31 heavy (non-hydrogen) atoms. The Kier molecular flexibility index (Phi) is 4.97. The maximum atomic E-state index is 12.7. The molecule has 5 rings (SSSR count). The normalized spacial score (nSPS) is 23.8. The van der Waals surface area contributed by atoms with Gasteiger partial charge in [0.1, 0.15) is 17.2 Å². The number of nitrogens with one attached hydrogen (secondary N) is 3. The van der Waals surface area contributed by atoms with Gasteiger partial charge in [0.15, 0.2) is 0 Å². The topological polar surface area (TPSA) is 101 Å². The van der Waals surface area contributed by atoms with Gasteiger partial charge >= 0.3 is 5.97 Å². The Bertz CT molecular complexity index is 1140. The van der Waals surface area contributed by atoms with E-state index < -0.39 is 0 Å². The lowest BCUT2D eigenvalue weighted by molar-refractivity contribution is -0.149. The van der Waals surface area contributed by atoms with Crippen LogP contribution in [0, 0.1) is 17.8 Å². The van der Waals surface area contributed by atoms with E-state index in [0.717, 1.165) is 23.2 Å². The van der Waals surface area contributed by atoms with E-state index >= 15 is 0 Å². The highest BCUT2D eigenvalue weighted by Crippen LogP contribution is 2.46. The molecule has 2 bridgehead atoms. The van der Waals surface area contributed by atoms with Gasteiger partial charge in [-0.15, -0.1) is 0 Å². The van der Waals surface area contributed by atoms with Crippen LogP contribution >= 0.6 is 0 Å². The summed E-state index contributed by atoms with van der Waals surface area (Å²) < 4.78 is 10.7. The number of methoxy groups -OCH3 is 1. The number of benzene rings is 1.